The van der Waals surface area contributed by atoms with Crippen molar-refractivity contribution in [3.63, 3.8) is 0 Å². The van der Waals surface area contributed by atoms with E-state index in [2.05, 4.69) is 20.6 Å². The first kappa shape index (κ1) is 11.6. The summed E-state index contributed by atoms with van der Waals surface area (Å²) in [6.45, 7) is 2.52. The molecule has 2 N–H and O–H groups in total. The average molecular weight is 236 g/mol. The fourth-order valence-electron chi connectivity index (χ4n) is 1.77. The Morgan fingerprint density at radius 3 is 3.06 bits per heavy atom. The van der Waals surface area contributed by atoms with Crippen LogP contribution in [0.2, 0.25) is 0 Å². The first-order valence-electron chi connectivity index (χ1n) is 5.60. The van der Waals surface area contributed by atoms with Gasteiger partial charge in [0.2, 0.25) is 17.7 Å². The lowest BCUT2D eigenvalue weighted by molar-refractivity contribution is -0.119. The maximum absolute atomic E-state index is 11.0. The SMILES string of the molecule is COc1cc(C)nc(NCC2CCC(=O)N2)n1. The van der Waals surface area contributed by atoms with E-state index in [4.69, 9.17) is 4.74 Å². The van der Waals surface area contributed by atoms with Gasteiger partial charge in [0.05, 0.1) is 7.11 Å². The standard InChI is InChI=1S/C11H16N4O2/c1-7-5-10(17-2)15-11(13-7)12-6-8-3-4-9(16)14-8/h5,8H,3-4,6H2,1-2H3,(H,14,16)(H,12,13,15). The van der Waals surface area contributed by atoms with Gasteiger partial charge in [-0.15, -0.1) is 0 Å². The van der Waals surface area contributed by atoms with Crippen molar-refractivity contribution in [2.24, 2.45) is 0 Å². The Morgan fingerprint density at radius 1 is 1.59 bits per heavy atom. The van der Waals surface area contributed by atoms with Gasteiger partial charge in [-0.05, 0) is 13.3 Å². The van der Waals surface area contributed by atoms with E-state index >= 15 is 0 Å². The Labute approximate surface area is 99.8 Å². The Morgan fingerprint density at radius 2 is 2.41 bits per heavy atom. The lowest BCUT2D eigenvalue weighted by Gasteiger charge is -2.12. The number of methoxy groups -OCH3 is 1. The molecule has 2 heterocycles. The molecule has 1 atom stereocenters. The van der Waals surface area contributed by atoms with Crippen LogP contribution < -0.4 is 15.4 Å². The Hall–Kier alpha value is -1.85. The van der Waals surface area contributed by atoms with Crippen LogP contribution in [-0.2, 0) is 4.79 Å². The average Bonchev–Trinajstić information content (AvgIpc) is 2.72. The normalized spacial score (nSPS) is 18.9. The Balaban J connectivity index is 1.94. The minimum absolute atomic E-state index is 0.111. The Kier molecular flexibility index (Phi) is 3.41. The maximum atomic E-state index is 11.0. The van der Waals surface area contributed by atoms with Gasteiger partial charge in [-0.3, -0.25) is 4.79 Å². The molecule has 1 aromatic heterocycles. The van der Waals surface area contributed by atoms with Crippen molar-refractivity contribution in [3.05, 3.63) is 11.8 Å². The van der Waals surface area contributed by atoms with E-state index in [9.17, 15) is 4.79 Å². The second-order valence-electron chi connectivity index (χ2n) is 4.06. The first-order chi connectivity index (χ1) is 8.17. The molecule has 0 radical (unpaired) electrons. The fourth-order valence-corrected chi connectivity index (χ4v) is 1.77. The number of aromatic nitrogens is 2. The molecule has 0 aromatic carbocycles. The first-order valence-corrected chi connectivity index (χ1v) is 5.60. The van der Waals surface area contributed by atoms with Crippen LogP contribution in [0.3, 0.4) is 0 Å². The summed E-state index contributed by atoms with van der Waals surface area (Å²) in [7, 11) is 1.57. The number of hydrogen-bond donors (Lipinski definition) is 2. The van der Waals surface area contributed by atoms with Gasteiger partial charge in [-0.2, -0.15) is 4.98 Å². The monoisotopic (exact) mass is 236 g/mol. The van der Waals surface area contributed by atoms with Crippen molar-refractivity contribution in [2.75, 3.05) is 19.0 Å². The van der Waals surface area contributed by atoms with Crippen LogP contribution in [0, 0.1) is 6.92 Å². The number of amides is 1. The minimum Gasteiger partial charge on any atom is -0.481 e. The van der Waals surface area contributed by atoms with Crippen molar-refractivity contribution < 1.29 is 9.53 Å². The van der Waals surface area contributed by atoms with Gasteiger partial charge in [-0.1, -0.05) is 0 Å². The van der Waals surface area contributed by atoms with Crippen molar-refractivity contribution in [3.8, 4) is 5.88 Å². The van der Waals surface area contributed by atoms with Crippen LogP contribution in [0.15, 0.2) is 6.07 Å². The van der Waals surface area contributed by atoms with Crippen LogP contribution in [0.4, 0.5) is 5.95 Å². The van der Waals surface area contributed by atoms with Crippen LogP contribution in [0.25, 0.3) is 0 Å². The molecule has 0 aliphatic carbocycles. The number of hydrogen-bond acceptors (Lipinski definition) is 5. The Bertz CT molecular complexity index is 422. The topological polar surface area (TPSA) is 76.1 Å². The molecule has 1 fully saturated rings. The molecule has 6 nitrogen and oxygen atoms in total. The minimum atomic E-state index is 0.111. The zero-order valence-corrected chi connectivity index (χ0v) is 9.99. The molecular weight excluding hydrogens is 220 g/mol. The van der Waals surface area contributed by atoms with Gasteiger partial charge in [0.1, 0.15) is 0 Å². The van der Waals surface area contributed by atoms with E-state index in [1.165, 1.54) is 0 Å². The number of rotatable bonds is 4. The molecule has 17 heavy (non-hydrogen) atoms. The zero-order chi connectivity index (χ0) is 12.3. The van der Waals surface area contributed by atoms with E-state index in [1.807, 2.05) is 6.92 Å². The highest BCUT2D eigenvalue weighted by molar-refractivity contribution is 5.78. The molecule has 1 saturated heterocycles. The summed E-state index contributed by atoms with van der Waals surface area (Å²) in [6.07, 6.45) is 1.46. The van der Waals surface area contributed by atoms with Gasteiger partial charge in [0.25, 0.3) is 0 Å². The van der Waals surface area contributed by atoms with Gasteiger partial charge in [-0.25, -0.2) is 4.98 Å². The maximum Gasteiger partial charge on any atom is 0.226 e. The zero-order valence-electron chi connectivity index (χ0n) is 9.99. The summed E-state index contributed by atoms with van der Waals surface area (Å²) in [5, 5.41) is 5.98. The van der Waals surface area contributed by atoms with E-state index in [0.717, 1.165) is 12.1 Å². The van der Waals surface area contributed by atoms with Crippen LogP contribution >= 0.6 is 0 Å². The van der Waals surface area contributed by atoms with E-state index in [-0.39, 0.29) is 11.9 Å². The van der Waals surface area contributed by atoms with Crippen molar-refractivity contribution in [1.82, 2.24) is 15.3 Å². The van der Waals surface area contributed by atoms with Crippen molar-refractivity contribution >= 4 is 11.9 Å². The number of anilines is 1. The molecule has 1 aliphatic rings. The number of ether oxygens (including phenoxy) is 1. The fraction of sp³-hybridized carbons (Fsp3) is 0.545. The van der Waals surface area contributed by atoms with Gasteiger partial charge >= 0.3 is 0 Å². The smallest absolute Gasteiger partial charge is 0.226 e. The number of nitrogens with one attached hydrogen (secondary N) is 2. The molecule has 0 saturated carbocycles. The van der Waals surface area contributed by atoms with Gasteiger partial charge < -0.3 is 15.4 Å². The molecule has 6 heteroatoms. The second-order valence-corrected chi connectivity index (χ2v) is 4.06. The highest BCUT2D eigenvalue weighted by atomic mass is 16.5. The predicted molar refractivity (Wildman–Crippen MR) is 63.0 cm³/mol. The van der Waals surface area contributed by atoms with Crippen LogP contribution in [0.1, 0.15) is 18.5 Å². The molecule has 1 aromatic rings. The highest BCUT2D eigenvalue weighted by Gasteiger charge is 2.20. The third-order valence-corrected chi connectivity index (χ3v) is 2.63. The second kappa shape index (κ2) is 4.99. The van der Waals surface area contributed by atoms with E-state index in [1.54, 1.807) is 13.2 Å². The summed E-state index contributed by atoms with van der Waals surface area (Å²) in [5.41, 5.74) is 0.842. The molecule has 1 unspecified atom stereocenters. The van der Waals surface area contributed by atoms with Gasteiger partial charge in [0.15, 0.2) is 0 Å². The molecule has 92 valence electrons. The molecule has 0 bridgehead atoms. The summed E-state index contributed by atoms with van der Waals surface area (Å²) < 4.78 is 5.06. The third kappa shape index (κ3) is 3.05. The summed E-state index contributed by atoms with van der Waals surface area (Å²) >= 11 is 0. The number of aryl methyl sites for hydroxylation is 1. The van der Waals surface area contributed by atoms with Crippen LogP contribution in [-0.4, -0.2) is 35.6 Å². The molecule has 2 rings (SSSR count). The number of carbonyl (C=O) groups is 1. The third-order valence-electron chi connectivity index (χ3n) is 2.63. The van der Waals surface area contributed by atoms with Crippen LogP contribution in [0.5, 0.6) is 5.88 Å². The highest BCUT2D eigenvalue weighted by Crippen LogP contribution is 2.12. The molecular formula is C11H16N4O2. The lowest BCUT2D eigenvalue weighted by Crippen LogP contribution is -2.32. The number of nitrogens with zero attached hydrogens (tertiary/aromatic N) is 2. The van der Waals surface area contributed by atoms with Crippen molar-refractivity contribution in [2.45, 2.75) is 25.8 Å². The lowest BCUT2D eigenvalue weighted by atomic mass is 10.2. The summed E-state index contributed by atoms with van der Waals surface area (Å²) in [6, 6.07) is 1.93. The van der Waals surface area contributed by atoms with Crippen molar-refractivity contribution in [1.29, 1.82) is 0 Å². The van der Waals surface area contributed by atoms with E-state index < -0.39 is 0 Å². The predicted octanol–water partition coefficient (Wildman–Crippen LogP) is 0.484. The molecule has 0 spiro atoms. The molecule has 1 aliphatic heterocycles. The largest absolute Gasteiger partial charge is 0.481 e. The number of carbonyl (C=O) groups excluding carboxylic acids is 1. The van der Waals surface area contributed by atoms with Gasteiger partial charge in [0, 0.05) is 30.8 Å². The summed E-state index contributed by atoms with van der Waals surface area (Å²) in [5.74, 6) is 1.18. The summed E-state index contributed by atoms with van der Waals surface area (Å²) in [4.78, 5) is 19.5. The molecule has 1 amide bonds. The van der Waals surface area contributed by atoms with E-state index in [0.29, 0.717) is 24.8 Å². The quantitative estimate of drug-likeness (QED) is 0.795.